The van der Waals surface area contributed by atoms with Crippen molar-refractivity contribution in [3.8, 4) is 5.75 Å². The molecule has 1 aromatic rings. The van der Waals surface area contributed by atoms with Crippen LogP contribution in [-0.4, -0.2) is 24.6 Å². The van der Waals surface area contributed by atoms with E-state index in [2.05, 4.69) is 5.32 Å². The molecule has 0 bridgehead atoms. The molecule has 0 spiro atoms. The van der Waals surface area contributed by atoms with Crippen LogP contribution < -0.4 is 15.8 Å². The number of benzene rings is 1. The lowest BCUT2D eigenvalue weighted by molar-refractivity contribution is -0.121. The van der Waals surface area contributed by atoms with Gasteiger partial charge < -0.3 is 15.8 Å². The van der Waals surface area contributed by atoms with Gasteiger partial charge in [0.05, 0.1) is 13.0 Å². The number of amides is 1. The molecular formula is C16H23ClN2O2. The summed E-state index contributed by atoms with van der Waals surface area (Å²) in [4.78, 5) is 11.6. The van der Waals surface area contributed by atoms with E-state index in [1.165, 1.54) is 0 Å². The summed E-state index contributed by atoms with van der Waals surface area (Å²) in [5, 5.41) is 3.61. The highest BCUT2D eigenvalue weighted by molar-refractivity contribution is 6.31. The van der Waals surface area contributed by atoms with Crippen molar-refractivity contribution in [2.45, 2.75) is 51.1 Å². The fourth-order valence-corrected chi connectivity index (χ4v) is 2.30. The highest BCUT2D eigenvalue weighted by atomic mass is 35.5. The molecule has 1 atom stereocenters. The van der Waals surface area contributed by atoms with Gasteiger partial charge >= 0.3 is 0 Å². The van der Waals surface area contributed by atoms with Gasteiger partial charge in [-0.1, -0.05) is 24.6 Å². The van der Waals surface area contributed by atoms with Crippen LogP contribution in [-0.2, 0) is 11.2 Å². The van der Waals surface area contributed by atoms with Crippen molar-refractivity contribution < 1.29 is 9.53 Å². The topological polar surface area (TPSA) is 64.3 Å². The van der Waals surface area contributed by atoms with Gasteiger partial charge in [0.2, 0.25) is 5.91 Å². The van der Waals surface area contributed by atoms with Crippen LogP contribution in [0.15, 0.2) is 18.2 Å². The lowest BCUT2D eigenvalue weighted by Gasteiger charge is -2.15. The summed E-state index contributed by atoms with van der Waals surface area (Å²) in [6, 6.07) is 6.02. The molecule has 1 aromatic carbocycles. The van der Waals surface area contributed by atoms with Gasteiger partial charge in [0, 0.05) is 22.7 Å². The highest BCUT2D eigenvalue weighted by Crippen LogP contribution is 2.28. The summed E-state index contributed by atoms with van der Waals surface area (Å²) in [6.07, 6.45) is 4.12. The van der Waals surface area contributed by atoms with E-state index in [-0.39, 0.29) is 11.9 Å². The number of nitrogens with two attached hydrogens (primary N) is 1. The third-order valence-corrected chi connectivity index (χ3v) is 3.95. The summed E-state index contributed by atoms with van der Waals surface area (Å²) in [5.74, 6) is 0.775. The molecule has 1 unspecified atom stereocenters. The SMILES string of the molecule is CCC(N)Cc1c(Cl)cccc1OCCC(=O)NC1CC1. The van der Waals surface area contributed by atoms with Crippen LogP contribution in [0.3, 0.4) is 0 Å². The Bertz CT molecular complexity index is 489. The maximum absolute atomic E-state index is 11.6. The Morgan fingerprint density at radius 1 is 1.52 bits per heavy atom. The third kappa shape index (κ3) is 5.21. The van der Waals surface area contributed by atoms with Crippen molar-refractivity contribution in [3.05, 3.63) is 28.8 Å². The maximum Gasteiger partial charge on any atom is 0.223 e. The van der Waals surface area contributed by atoms with E-state index in [1.54, 1.807) is 0 Å². The van der Waals surface area contributed by atoms with Crippen molar-refractivity contribution in [3.63, 3.8) is 0 Å². The molecule has 3 N–H and O–H groups in total. The molecule has 1 aliphatic carbocycles. The zero-order valence-corrected chi connectivity index (χ0v) is 13.2. The average molecular weight is 311 g/mol. The largest absolute Gasteiger partial charge is 0.493 e. The molecule has 4 nitrogen and oxygen atoms in total. The minimum absolute atomic E-state index is 0.0475. The Balaban J connectivity index is 1.88. The molecule has 0 aromatic heterocycles. The van der Waals surface area contributed by atoms with Gasteiger partial charge in [-0.25, -0.2) is 0 Å². The Morgan fingerprint density at radius 2 is 2.29 bits per heavy atom. The van der Waals surface area contributed by atoms with Crippen LogP contribution in [0.1, 0.15) is 38.2 Å². The Kier molecular flexibility index (Phi) is 5.88. The van der Waals surface area contributed by atoms with E-state index < -0.39 is 0 Å². The zero-order chi connectivity index (χ0) is 15.2. The van der Waals surface area contributed by atoms with Crippen LogP contribution in [0.5, 0.6) is 5.75 Å². The molecule has 0 heterocycles. The van der Waals surface area contributed by atoms with E-state index in [0.717, 1.165) is 30.6 Å². The molecule has 1 amide bonds. The molecule has 5 heteroatoms. The summed E-state index contributed by atoms with van der Waals surface area (Å²) in [5.41, 5.74) is 6.93. The van der Waals surface area contributed by atoms with Gasteiger partial charge in [0.15, 0.2) is 0 Å². The van der Waals surface area contributed by atoms with Gasteiger partial charge in [0.1, 0.15) is 5.75 Å². The second kappa shape index (κ2) is 7.66. The monoisotopic (exact) mass is 310 g/mol. The van der Waals surface area contributed by atoms with E-state index in [9.17, 15) is 4.79 Å². The molecular weight excluding hydrogens is 288 g/mol. The van der Waals surface area contributed by atoms with Crippen molar-refractivity contribution >= 4 is 17.5 Å². The van der Waals surface area contributed by atoms with Crippen LogP contribution in [0.25, 0.3) is 0 Å². The number of rotatable bonds is 8. The van der Waals surface area contributed by atoms with Crippen LogP contribution >= 0.6 is 11.6 Å². The summed E-state index contributed by atoms with van der Waals surface area (Å²) >= 11 is 6.23. The number of nitrogens with one attached hydrogen (secondary N) is 1. The molecule has 1 fully saturated rings. The first kappa shape index (κ1) is 16.1. The molecule has 21 heavy (non-hydrogen) atoms. The normalized spacial score (nSPS) is 15.6. The van der Waals surface area contributed by atoms with Crippen LogP contribution in [0, 0.1) is 0 Å². The summed E-state index contributed by atoms with van der Waals surface area (Å²) < 4.78 is 5.74. The first-order chi connectivity index (χ1) is 10.1. The average Bonchev–Trinajstić information content (AvgIpc) is 3.26. The molecule has 1 saturated carbocycles. The standard InChI is InChI=1S/C16H23ClN2O2/c1-2-11(18)10-13-14(17)4-3-5-15(13)21-9-8-16(20)19-12-6-7-12/h3-5,11-12H,2,6-10,18H2,1H3,(H,19,20). The van der Waals surface area contributed by atoms with Crippen LogP contribution in [0.4, 0.5) is 0 Å². The highest BCUT2D eigenvalue weighted by Gasteiger charge is 2.23. The summed E-state index contributed by atoms with van der Waals surface area (Å²) in [7, 11) is 0. The number of halogens is 1. The molecule has 0 saturated heterocycles. The van der Waals surface area contributed by atoms with Crippen LogP contribution in [0.2, 0.25) is 5.02 Å². The van der Waals surface area contributed by atoms with Gasteiger partial charge in [-0.05, 0) is 37.8 Å². The first-order valence-electron chi connectivity index (χ1n) is 7.55. The fourth-order valence-electron chi connectivity index (χ4n) is 2.06. The number of carbonyl (C=O) groups is 1. The zero-order valence-electron chi connectivity index (χ0n) is 12.4. The van der Waals surface area contributed by atoms with Gasteiger partial charge in [0.25, 0.3) is 0 Å². The van der Waals surface area contributed by atoms with E-state index in [4.69, 9.17) is 22.1 Å². The molecule has 0 radical (unpaired) electrons. The van der Waals surface area contributed by atoms with E-state index >= 15 is 0 Å². The number of ether oxygens (including phenoxy) is 1. The number of carbonyl (C=O) groups excluding carboxylic acids is 1. The number of hydrogen-bond donors (Lipinski definition) is 2. The second-order valence-corrected chi connectivity index (χ2v) is 5.94. The Hall–Kier alpha value is -1.26. The Labute approximate surface area is 131 Å². The maximum atomic E-state index is 11.6. The lowest BCUT2D eigenvalue weighted by atomic mass is 10.0. The van der Waals surface area contributed by atoms with Crippen molar-refractivity contribution in [1.29, 1.82) is 0 Å². The second-order valence-electron chi connectivity index (χ2n) is 5.53. The van der Waals surface area contributed by atoms with Gasteiger partial charge in [-0.15, -0.1) is 0 Å². The molecule has 0 aliphatic heterocycles. The Morgan fingerprint density at radius 3 is 2.95 bits per heavy atom. The fraction of sp³-hybridized carbons (Fsp3) is 0.562. The third-order valence-electron chi connectivity index (χ3n) is 3.60. The van der Waals surface area contributed by atoms with Crippen molar-refractivity contribution in [2.24, 2.45) is 5.73 Å². The lowest BCUT2D eigenvalue weighted by Crippen LogP contribution is -2.27. The predicted molar refractivity (Wildman–Crippen MR) is 84.7 cm³/mol. The van der Waals surface area contributed by atoms with E-state index in [0.29, 0.717) is 30.5 Å². The molecule has 2 rings (SSSR count). The van der Waals surface area contributed by atoms with Crippen molar-refractivity contribution in [2.75, 3.05) is 6.61 Å². The van der Waals surface area contributed by atoms with Gasteiger partial charge in [-0.2, -0.15) is 0 Å². The first-order valence-corrected chi connectivity index (χ1v) is 7.93. The number of hydrogen-bond acceptors (Lipinski definition) is 3. The minimum atomic E-state index is 0.0475. The van der Waals surface area contributed by atoms with Gasteiger partial charge in [-0.3, -0.25) is 4.79 Å². The smallest absolute Gasteiger partial charge is 0.223 e. The summed E-state index contributed by atoms with van der Waals surface area (Å²) in [6.45, 7) is 2.40. The quantitative estimate of drug-likeness (QED) is 0.776. The molecule has 1 aliphatic rings. The molecule has 116 valence electrons. The predicted octanol–water partition coefficient (Wildman–Crippen LogP) is 2.67. The van der Waals surface area contributed by atoms with E-state index in [1.807, 2.05) is 25.1 Å². The minimum Gasteiger partial charge on any atom is -0.493 e. The van der Waals surface area contributed by atoms with Crippen molar-refractivity contribution in [1.82, 2.24) is 5.32 Å².